The van der Waals surface area contributed by atoms with E-state index in [1.54, 1.807) is 0 Å². The van der Waals surface area contributed by atoms with Crippen molar-refractivity contribution in [1.82, 2.24) is 0 Å². The molecule has 0 amide bonds. The summed E-state index contributed by atoms with van der Waals surface area (Å²) in [6, 6.07) is 125. The molecule has 2 heterocycles. The van der Waals surface area contributed by atoms with Gasteiger partial charge in [0.2, 0.25) is 0 Å². The van der Waals surface area contributed by atoms with Crippen LogP contribution in [0.5, 0.6) is 0 Å². The van der Waals surface area contributed by atoms with Crippen LogP contribution >= 0.6 is 0 Å². The molecule has 0 fully saturated rings. The van der Waals surface area contributed by atoms with E-state index < -0.39 is 10.8 Å². The topological polar surface area (TPSA) is 38.3 Å². The monoisotopic (exact) mass is 1150 g/mol. The molecule has 1 atom stereocenters. The highest BCUT2D eigenvalue weighted by atomic mass is 16.3. The summed E-state index contributed by atoms with van der Waals surface area (Å²) in [6.45, 7) is 0. The third-order valence-corrected chi connectivity index (χ3v) is 19.1. The van der Waals surface area contributed by atoms with E-state index in [4.69, 9.17) is 8.83 Å². The molecular weight excluding hydrogens is 1090 g/mol. The van der Waals surface area contributed by atoms with Crippen molar-refractivity contribution in [3.05, 3.63) is 407 Å². The number of hydrogen-bond donors (Lipinski definition) is 1. The smallest absolute Gasteiger partial charge is 0.137 e. The van der Waals surface area contributed by atoms with Crippen molar-refractivity contribution in [3.8, 4) is 33.4 Å². The van der Waals surface area contributed by atoms with Crippen LogP contribution in [0.1, 0.15) is 67.1 Å². The molecule has 0 aliphatic heterocycles. The predicted molar refractivity (Wildman–Crippen MR) is 371 cm³/mol. The van der Waals surface area contributed by atoms with Crippen molar-refractivity contribution in [3.63, 3.8) is 0 Å². The summed E-state index contributed by atoms with van der Waals surface area (Å²) in [7, 11) is 0. The molecule has 0 saturated carbocycles. The minimum Gasteiger partial charge on any atom is -0.456 e. The Morgan fingerprint density at radius 2 is 0.667 bits per heavy atom. The molecule has 1 unspecified atom stereocenters. The Kier molecular flexibility index (Phi) is 12.7. The summed E-state index contributed by atoms with van der Waals surface area (Å²) >= 11 is 0. The van der Waals surface area contributed by atoms with Crippen LogP contribution in [-0.4, -0.2) is 0 Å². The van der Waals surface area contributed by atoms with E-state index in [9.17, 15) is 0 Å². The average molecular weight is 1150 g/mol. The number of fused-ring (bicyclic) bond motifs is 12. The lowest BCUT2D eigenvalue weighted by atomic mass is 9.67. The first-order chi connectivity index (χ1) is 44.7. The number of hydrogen-bond acceptors (Lipinski definition) is 3. The highest BCUT2D eigenvalue weighted by Gasteiger charge is 2.48. The molecule has 3 heteroatoms. The first-order valence-electron chi connectivity index (χ1n) is 31.1. The molecule has 90 heavy (non-hydrogen) atoms. The molecule has 0 radical (unpaired) electrons. The summed E-state index contributed by atoms with van der Waals surface area (Å²) in [5.41, 5.74) is 26.4. The van der Waals surface area contributed by atoms with E-state index in [0.29, 0.717) is 0 Å². The second-order valence-corrected chi connectivity index (χ2v) is 23.7. The van der Waals surface area contributed by atoms with Gasteiger partial charge in [0.05, 0.1) is 21.9 Å². The number of benzene rings is 14. The van der Waals surface area contributed by atoms with Crippen LogP contribution in [0, 0.1) is 0 Å². The van der Waals surface area contributed by atoms with Crippen LogP contribution in [0.3, 0.4) is 0 Å². The quantitative estimate of drug-likeness (QED) is 0.139. The van der Waals surface area contributed by atoms with Gasteiger partial charge in [0, 0.05) is 27.8 Å². The Labute approximate surface area is 523 Å². The molecule has 14 aromatic carbocycles. The lowest BCUT2D eigenvalue weighted by Crippen LogP contribution is -2.28. The number of anilines is 2. The number of rotatable bonds is 10. The van der Waals surface area contributed by atoms with Crippen LogP contribution in [0.15, 0.2) is 355 Å². The fraction of sp³-hybridized carbons (Fsp3) is 0.0345. The lowest BCUT2D eigenvalue weighted by molar-refractivity contribution is 0.668. The van der Waals surface area contributed by atoms with Crippen molar-refractivity contribution in [2.24, 2.45) is 0 Å². The van der Waals surface area contributed by atoms with Gasteiger partial charge < -0.3 is 14.2 Å². The minimum absolute atomic E-state index is 0.0793. The first-order valence-corrected chi connectivity index (χ1v) is 31.1. The van der Waals surface area contributed by atoms with E-state index in [1.807, 2.05) is 18.2 Å². The SMILES string of the molecule is c1ccc(-c2ccccc2C(c2ccc3c(c2)C(c2ccccc2)(c2ccccc2)c2ccccc2-3)c2cccc3oc4ccccc4c23)cc1.c1ccc(C2(c3ccccc3)c3ccccc3-c3ccc(Nc4cccc5oc6ccccc6c45)cc32)cc1. The summed E-state index contributed by atoms with van der Waals surface area (Å²) in [6.07, 6.45) is 0. The summed E-state index contributed by atoms with van der Waals surface area (Å²) in [5.74, 6) is -0.0793. The van der Waals surface area contributed by atoms with Crippen molar-refractivity contribution < 1.29 is 8.83 Å². The minimum atomic E-state index is -0.484. The van der Waals surface area contributed by atoms with Gasteiger partial charge in [0.25, 0.3) is 0 Å². The molecule has 0 bridgehead atoms. The molecule has 0 spiro atoms. The molecule has 424 valence electrons. The number of furan rings is 2. The maximum atomic E-state index is 6.49. The maximum absolute atomic E-state index is 6.49. The maximum Gasteiger partial charge on any atom is 0.137 e. The van der Waals surface area contributed by atoms with Gasteiger partial charge in [0.15, 0.2) is 0 Å². The van der Waals surface area contributed by atoms with Crippen LogP contribution in [0.2, 0.25) is 0 Å². The summed E-state index contributed by atoms with van der Waals surface area (Å²) in [4.78, 5) is 0. The lowest BCUT2D eigenvalue weighted by Gasteiger charge is -2.34. The first kappa shape index (κ1) is 52.8. The molecule has 2 aromatic heterocycles. The van der Waals surface area contributed by atoms with E-state index in [0.717, 1.165) is 49.9 Å². The fourth-order valence-corrected chi connectivity index (χ4v) is 15.4. The molecule has 2 aliphatic carbocycles. The molecule has 0 saturated heterocycles. The molecule has 2 aliphatic rings. The van der Waals surface area contributed by atoms with E-state index in [-0.39, 0.29) is 5.92 Å². The molecule has 16 aromatic rings. The van der Waals surface area contributed by atoms with Crippen LogP contribution in [-0.2, 0) is 10.8 Å². The Morgan fingerprint density at radius 3 is 1.23 bits per heavy atom. The predicted octanol–water partition coefficient (Wildman–Crippen LogP) is 22.5. The van der Waals surface area contributed by atoms with Gasteiger partial charge in [-0.3, -0.25) is 0 Å². The average Bonchev–Trinajstić information content (AvgIpc) is 1.57. The van der Waals surface area contributed by atoms with E-state index in [1.165, 1.54) is 100.0 Å². The Balaban J connectivity index is 0.000000144. The van der Waals surface area contributed by atoms with Crippen LogP contribution in [0.25, 0.3) is 77.3 Å². The van der Waals surface area contributed by atoms with Gasteiger partial charge in [-0.2, -0.15) is 0 Å². The highest BCUT2D eigenvalue weighted by molar-refractivity contribution is 6.12. The Hall–Kier alpha value is -11.5. The van der Waals surface area contributed by atoms with Gasteiger partial charge in [-0.15, -0.1) is 0 Å². The van der Waals surface area contributed by atoms with Gasteiger partial charge in [-0.1, -0.05) is 303 Å². The summed E-state index contributed by atoms with van der Waals surface area (Å²) < 4.78 is 12.7. The van der Waals surface area contributed by atoms with Crippen LogP contribution in [0.4, 0.5) is 11.4 Å². The molecule has 18 rings (SSSR count). The van der Waals surface area contributed by atoms with E-state index in [2.05, 4.69) is 333 Å². The van der Waals surface area contributed by atoms with Crippen LogP contribution < -0.4 is 5.32 Å². The Morgan fingerprint density at radius 1 is 0.267 bits per heavy atom. The third kappa shape index (κ3) is 8.27. The third-order valence-electron chi connectivity index (χ3n) is 19.1. The van der Waals surface area contributed by atoms with Gasteiger partial charge >= 0.3 is 0 Å². The highest BCUT2D eigenvalue weighted by Crippen LogP contribution is 2.59. The standard InChI is InChI=1S/C50H34O.C37H25NO/c1-4-17-34(18-5-1)38-23-10-11-25-41(38)48(43-27-16-30-47-49(43)42-26-13-15-29-46(42)51-47)35-31-32-40-39-24-12-14-28-44(39)50(45(40)33-35,36-19-6-2-7-20-36)37-21-8-3-9-22-37;1-3-12-25(13-4-1)37(26-14-5-2-6-15-26)31-18-9-7-16-28(31)29-23-22-27(24-32(29)37)38-33-19-11-21-35-36(33)30-17-8-10-20-34(30)39-35/h1-33,48H;1-24,38H. The zero-order valence-electron chi connectivity index (χ0n) is 49.3. The molecular formula is C87H59NO2. The van der Waals surface area contributed by atoms with Crippen molar-refractivity contribution in [2.45, 2.75) is 16.7 Å². The normalized spacial score (nSPS) is 13.5. The van der Waals surface area contributed by atoms with Crippen molar-refractivity contribution in [1.29, 1.82) is 0 Å². The largest absolute Gasteiger partial charge is 0.456 e. The molecule has 1 N–H and O–H groups in total. The summed E-state index contributed by atoms with van der Waals surface area (Å²) in [5, 5.41) is 8.30. The molecule has 3 nitrogen and oxygen atoms in total. The number of para-hydroxylation sites is 2. The number of nitrogens with one attached hydrogen (secondary N) is 1. The second kappa shape index (κ2) is 21.7. The van der Waals surface area contributed by atoms with Gasteiger partial charge in [-0.05, 0) is 137 Å². The fourth-order valence-electron chi connectivity index (χ4n) is 15.4. The van der Waals surface area contributed by atoms with Crippen molar-refractivity contribution in [2.75, 3.05) is 5.32 Å². The van der Waals surface area contributed by atoms with Gasteiger partial charge in [-0.25, -0.2) is 0 Å². The second-order valence-electron chi connectivity index (χ2n) is 23.7. The Bertz CT molecular complexity index is 5260. The van der Waals surface area contributed by atoms with Gasteiger partial charge in [0.1, 0.15) is 22.3 Å². The zero-order chi connectivity index (χ0) is 59.6. The zero-order valence-corrected chi connectivity index (χ0v) is 49.3. The van der Waals surface area contributed by atoms with E-state index >= 15 is 0 Å². The van der Waals surface area contributed by atoms with Crippen molar-refractivity contribution >= 4 is 55.3 Å².